The number of carboxylic acid groups (broad SMARTS) is 1. The van der Waals surface area contributed by atoms with Gasteiger partial charge in [0.1, 0.15) is 6.61 Å². The van der Waals surface area contributed by atoms with E-state index in [2.05, 4.69) is 23.6 Å². The highest BCUT2D eigenvalue weighted by molar-refractivity contribution is 5.78. The zero-order valence-corrected chi connectivity index (χ0v) is 17.4. The SMILES string of the molecule is C=CCN1CC2(CCN(Cc3ccc4c(c3)OCO4)CC2)OCC1=O.O=C(O)C(F)(F)F. The molecule has 1 aromatic rings. The fourth-order valence-electron chi connectivity index (χ4n) is 3.83. The molecule has 0 saturated carbocycles. The summed E-state index contributed by atoms with van der Waals surface area (Å²) in [5.41, 5.74) is 1.04. The number of carbonyl (C=O) groups excluding carboxylic acids is 1. The van der Waals surface area contributed by atoms with Gasteiger partial charge < -0.3 is 24.2 Å². The van der Waals surface area contributed by atoms with Crippen LogP contribution in [0.25, 0.3) is 0 Å². The van der Waals surface area contributed by atoms with Crippen molar-refractivity contribution in [3.05, 3.63) is 36.4 Å². The Morgan fingerprint density at radius 2 is 1.88 bits per heavy atom. The Hall–Kier alpha value is -2.79. The lowest BCUT2D eigenvalue weighted by Crippen LogP contribution is -2.58. The van der Waals surface area contributed by atoms with E-state index in [1.165, 1.54) is 5.56 Å². The fraction of sp³-hybridized carbons (Fsp3) is 0.524. The predicted octanol–water partition coefficient (Wildman–Crippen LogP) is 2.43. The third-order valence-electron chi connectivity index (χ3n) is 5.54. The van der Waals surface area contributed by atoms with Crippen molar-refractivity contribution >= 4 is 11.9 Å². The number of alkyl halides is 3. The largest absolute Gasteiger partial charge is 0.490 e. The molecule has 1 spiro atoms. The molecule has 0 bridgehead atoms. The molecule has 0 aliphatic carbocycles. The number of rotatable bonds is 4. The van der Waals surface area contributed by atoms with Crippen molar-refractivity contribution in [3.8, 4) is 11.5 Å². The van der Waals surface area contributed by atoms with Gasteiger partial charge >= 0.3 is 12.1 Å². The van der Waals surface area contributed by atoms with E-state index in [0.717, 1.165) is 44.0 Å². The van der Waals surface area contributed by atoms with Gasteiger partial charge in [0.05, 0.1) is 12.1 Å². The number of carbonyl (C=O) groups is 2. The molecule has 0 aromatic heterocycles. The van der Waals surface area contributed by atoms with Gasteiger partial charge in [0.25, 0.3) is 0 Å². The van der Waals surface area contributed by atoms with Crippen LogP contribution in [0.15, 0.2) is 30.9 Å². The molecule has 3 aliphatic rings. The summed E-state index contributed by atoms with van der Waals surface area (Å²) in [6.07, 6.45) is -1.41. The molecule has 0 radical (unpaired) electrons. The molecule has 1 amide bonds. The third kappa shape index (κ3) is 5.92. The molecule has 2 saturated heterocycles. The minimum atomic E-state index is -5.08. The van der Waals surface area contributed by atoms with Crippen molar-refractivity contribution in [1.29, 1.82) is 0 Å². The van der Waals surface area contributed by atoms with Crippen LogP contribution in [0.2, 0.25) is 0 Å². The molecule has 32 heavy (non-hydrogen) atoms. The van der Waals surface area contributed by atoms with E-state index in [-0.39, 0.29) is 18.1 Å². The Balaban J connectivity index is 0.000000360. The highest BCUT2D eigenvalue weighted by Crippen LogP contribution is 2.34. The van der Waals surface area contributed by atoms with Crippen LogP contribution >= 0.6 is 0 Å². The smallest absolute Gasteiger partial charge is 0.475 e. The standard InChI is InChI=1S/C19H24N2O4.C2HF3O2/c1-2-7-21-13-19(25-12-18(21)22)5-8-20(9-6-19)11-15-3-4-16-17(10-15)24-14-23-16;3-2(4,5)1(6)7/h2-4,10H,1,5-9,11-14H2;(H,6,7). The average Bonchev–Trinajstić information content (AvgIpc) is 3.21. The summed E-state index contributed by atoms with van der Waals surface area (Å²) in [6, 6.07) is 6.14. The minimum Gasteiger partial charge on any atom is -0.475 e. The number of morpholine rings is 1. The second-order valence-electron chi connectivity index (χ2n) is 7.80. The maximum atomic E-state index is 11.9. The summed E-state index contributed by atoms with van der Waals surface area (Å²) < 4.78 is 48.5. The van der Waals surface area contributed by atoms with Crippen molar-refractivity contribution in [1.82, 2.24) is 9.80 Å². The highest BCUT2D eigenvalue weighted by atomic mass is 19.4. The molecule has 1 aromatic carbocycles. The van der Waals surface area contributed by atoms with Gasteiger partial charge in [-0.25, -0.2) is 4.79 Å². The number of hydrogen-bond donors (Lipinski definition) is 1. The van der Waals surface area contributed by atoms with Crippen LogP contribution in [0, 0.1) is 0 Å². The lowest BCUT2D eigenvalue weighted by atomic mass is 9.89. The van der Waals surface area contributed by atoms with Gasteiger partial charge in [0.15, 0.2) is 11.5 Å². The van der Waals surface area contributed by atoms with Gasteiger partial charge in [-0.2, -0.15) is 13.2 Å². The monoisotopic (exact) mass is 458 g/mol. The number of ether oxygens (including phenoxy) is 3. The first kappa shape index (κ1) is 23.9. The number of nitrogens with zero attached hydrogens (tertiary/aromatic N) is 2. The number of amides is 1. The van der Waals surface area contributed by atoms with Crippen LogP contribution < -0.4 is 9.47 Å². The Labute approximate surface area is 183 Å². The van der Waals surface area contributed by atoms with Crippen LogP contribution in [0.3, 0.4) is 0 Å². The zero-order chi connectivity index (χ0) is 23.4. The molecule has 176 valence electrons. The number of carboxylic acids is 1. The summed E-state index contributed by atoms with van der Waals surface area (Å²) in [7, 11) is 0. The molecule has 8 nitrogen and oxygen atoms in total. The first-order valence-corrected chi connectivity index (χ1v) is 10.1. The summed E-state index contributed by atoms with van der Waals surface area (Å²) >= 11 is 0. The molecule has 11 heteroatoms. The Morgan fingerprint density at radius 1 is 1.22 bits per heavy atom. The molecular weight excluding hydrogens is 433 g/mol. The third-order valence-corrected chi connectivity index (χ3v) is 5.54. The van der Waals surface area contributed by atoms with Crippen molar-refractivity contribution in [2.45, 2.75) is 31.2 Å². The number of hydrogen-bond acceptors (Lipinski definition) is 6. The number of halogens is 3. The van der Waals surface area contributed by atoms with E-state index in [1.54, 1.807) is 6.08 Å². The Morgan fingerprint density at radius 3 is 2.50 bits per heavy atom. The number of benzene rings is 1. The van der Waals surface area contributed by atoms with Crippen molar-refractivity contribution in [2.75, 3.05) is 39.6 Å². The van der Waals surface area contributed by atoms with Crippen LogP contribution in [-0.2, 0) is 20.9 Å². The van der Waals surface area contributed by atoms with Gasteiger partial charge in [-0.15, -0.1) is 6.58 Å². The summed E-state index contributed by atoms with van der Waals surface area (Å²) in [4.78, 5) is 25.1. The molecular formula is C21H25F3N2O6. The Bertz CT molecular complexity index is 852. The Kier molecular flexibility index (Phi) is 7.29. The van der Waals surface area contributed by atoms with Gasteiger partial charge in [-0.3, -0.25) is 9.69 Å². The van der Waals surface area contributed by atoms with Gasteiger partial charge in [0.2, 0.25) is 12.7 Å². The molecule has 2 fully saturated rings. The normalized spacial score (nSPS) is 20.0. The fourth-order valence-corrected chi connectivity index (χ4v) is 3.83. The topological polar surface area (TPSA) is 88.5 Å². The van der Waals surface area contributed by atoms with E-state index in [0.29, 0.717) is 19.9 Å². The summed E-state index contributed by atoms with van der Waals surface area (Å²) in [5.74, 6) is -1.04. The van der Waals surface area contributed by atoms with Crippen molar-refractivity contribution in [3.63, 3.8) is 0 Å². The predicted molar refractivity (Wildman–Crippen MR) is 106 cm³/mol. The number of fused-ring (bicyclic) bond motifs is 1. The molecule has 0 unspecified atom stereocenters. The van der Waals surface area contributed by atoms with Crippen LogP contribution in [0.5, 0.6) is 11.5 Å². The van der Waals surface area contributed by atoms with E-state index >= 15 is 0 Å². The minimum absolute atomic E-state index is 0.0633. The van der Waals surface area contributed by atoms with Crippen molar-refractivity contribution < 1.29 is 42.1 Å². The molecule has 1 N–H and O–H groups in total. The number of piperidine rings is 1. The van der Waals surface area contributed by atoms with Gasteiger partial charge in [-0.1, -0.05) is 12.1 Å². The summed E-state index contributed by atoms with van der Waals surface area (Å²) in [6.45, 7) is 8.34. The van der Waals surface area contributed by atoms with E-state index in [4.69, 9.17) is 24.1 Å². The maximum Gasteiger partial charge on any atom is 0.490 e. The quantitative estimate of drug-likeness (QED) is 0.694. The molecule has 4 rings (SSSR count). The maximum absolute atomic E-state index is 11.9. The lowest BCUT2D eigenvalue weighted by molar-refractivity contribution is -0.192. The van der Waals surface area contributed by atoms with Crippen LogP contribution in [0.1, 0.15) is 18.4 Å². The highest BCUT2D eigenvalue weighted by Gasteiger charge is 2.42. The molecule has 3 aliphatic heterocycles. The average molecular weight is 458 g/mol. The first-order valence-electron chi connectivity index (χ1n) is 10.1. The lowest BCUT2D eigenvalue weighted by Gasteiger charge is -2.46. The summed E-state index contributed by atoms with van der Waals surface area (Å²) in [5, 5.41) is 7.12. The van der Waals surface area contributed by atoms with Crippen LogP contribution in [-0.4, -0.2) is 78.1 Å². The molecule has 0 atom stereocenters. The van der Waals surface area contributed by atoms with Crippen LogP contribution in [0.4, 0.5) is 13.2 Å². The van der Waals surface area contributed by atoms with E-state index in [9.17, 15) is 18.0 Å². The number of aliphatic carboxylic acids is 1. The second-order valence-corrected chi connectivity index (χ2v) is 7.80. The van der Waals surface area contributed by atoms with E-state index < -0.39 is 12.1 Å². The zero-order valence-electron chi connectivity index (χ0n) is 17.4. The van der Waals surface area contributed by atoms with Gasteiger partial charge in [0, 0.05) is 26.2 Å². The number of likely N-dealkylation sites (tertiary alicyclic amines) is 1. The van der Waals surface area contributed by atoms with E-state index in [1.807, 2.05) is 11.0 Å². The van der Waals surface area contributed by atoms with Crippen molar-refractivity contribution in [2.24, 2.45) is 0 Å². The van der Waals surface area contributed by atoms with Gasteiger partial charge in [-0.05, 0) is 30.5 Å². The first-order chi connectivity index (χ1) is 15.1. The molecule has 3 heterocycles. The second kappa shape index (κ2) is 9.78.